The molecule has 2 aliphatic rings. The van der Waals surface area contributed by atoms with Gasteiger partial charge in [-0.05, 0) is 31.0 Å². The van der Waals surface area contributed by atoms with Crippen LogP contribution < -0.4 is 10.6 Å². The largest absolute Gasteiger partial charge is 0.359 e. The summed E-state index contributed by atoms with van der Waals surface area (Å²) in [6.45, 7) is 5.83. The molecule has 2 N–H and O–H groups in total. The number of carbonyl (C=O) groups excluding carboxylic acids is 1. The third-order valence-electron chi connectivity index (χ3n) is 4.79. The van der Waals surface area contributed by atoms with E-state index in [2.05, 4.69) is 46.7 Å². The lowest BCUT2D eigenvalue weighted by atomic mass is 9.88. The molecule has 1 fully saturated rings. The molecule has 2 unspecified atom stereocenters. The van der Waals surface area contributed by atoms with E-state index < -0.39 is 0 Å². The van der Waals surface area contributed by atoms with Crippen molar-refractivity contribution >= 4 is 5.91 Å². The van der Waals surface area contributed by atoms with Crippen molar-refractivity contribution in [3.63, 3.8) is 0 Å². The fourth-order valence-corrected chi connectivity index (χ4v) is 3.55. The lowest BCUT2D eigenvalue weighted by molar-refractivity contribution is -0.129. The van der Waals surface area contributed by atoms with E-state index in [1.807, 2.05) is 0 Å². The number of amides is 1. The summed E-state index contributed by atoms with van der Waals surface area (Å²) < 4.78 is 0. The number of likely N-dealkylation sites (tertiary alicyclic amines) is 1. The predicted molar refractivity (Wildman–Crippen MR) is 79.3 cm³/mol. The number of hydrogen-bond acceptors (Lipinski definition) is 3. The van der Waals surface area contributed by atoms with E-state index in [4.69, 9.17) is 0 Å². The average Bonchev–Trinajstić information content (AvgIpc) is 2.89. The van der Waals surface area contributed by atoms with Gasteiger partial charge in [-0.15, -0.1) is 0 Å². The molecule has 0 aliphatic carbocycles. The molecule has 1 saturated heterocycles. The first-order valence-corrected chi connectivity index (χ1v) is 7.39. The second kappa shape index (κ2) is 5.19. The molecule has 1 amide bonds. The third-order valence-corrected chi connectivity index (χ3v) is 4.79. The standard InChI is InChI=1S/C16H23N3O/c1-16(15(20)17-2)7-8-19(11-16)14-10-18-9-12-5-3-4-6-13(12)14/h3-6,14,18H,7-11H2,1-2H3,(H,17,20). The van der Waals surface area contributed by atoms with Gasteiger partial charge in [-0.1, -0.05) is 24.3 Å². The normalized spacial score (nSPS) is 30.0. The minimum atomic E-state index is -0.249. The Hall–Kier alpha value is -1.39. The number of rotatable bonds is 2. The summed E-state index contributed by atoms with van der Waals surface area (Å²) in [6.07, 6.45) is 0.936. The molecule has 3 rings (SSSR count). The summed E-state index contributed by atoms with van der Waals surface area (Å²) >= 11 is 0. The third kappa shape index (κ3) is 2.23. The highest BCUT2D eigenvalue weighted by Crippen LogP contribution is 2.37. The van der Waals surface area contributed by atoms with Gasteiger partial charge in [0.1, 0.15) is 0 Å². The van der Waals surface area contributed by atoms with Crippen molar-refractivity contribution < 1.29 is 4.79 Å². The van der Waals surface area contributed by atoms with Crippen LogP contribution in [0.1, 0.15) is 30.5 Å². The fourth-order valence-electron chi connectivity index (χ4n) is 3.55. The molecule has 1 aromatic carbocycles. The van der Waals surface area contributed by atoms with Crippen molar-refractivity contribution in [3.8, 4) is 0 Å². The van der Waals surface area contributed by atoms with Crippen LogP contribution in [0.3, 0.4) is 0 Å². The van der Waals surface area contributed by atoms with E-state index in [0.717, 1.165) is 32.6 Å². The molecule has 2 atom stereocenters. The van der Waals surface area contributed by atoms with Gasteiger partial charge in [0, 0.05) is 32.7 Å². The van der Waals surface area contributed by atoms with Crippen molar-refractivity contribution in [1.29, 1.82) is 0 Å². The van der Waals surface area contributed by atoms with Crippen molar-refractivity contribution in [1.82, 2.24) is 15.5 Å². The molecule has 1 aromatic rings. The van der Waals surface area contributed by atoms with Crippen LogP contribution in [0.25, 0.3) is 0 Å². The maximum atomic E-state index is 12.1. The lowest BCUT2D eigenvalue weighted by Gasteiger charge is -2.34. The molecule has 108 valence electrons. The summed E-state index contributed by atoms with van der Waals surface area (Å²) in [5.41, 5.74) is 2.56. The zero-order valence-electron chi connectivity index (χ0n) is 12.3. The molecule has 20 heavy (non-hydrogen) atoms. The van der Waals surface area contributed by atoms with Gasteiger partial charge >= 0.3 is 0 Å². The second-order valence-electron chi connectivity index (χ2n) is 6.21. The number of hydrogen-bond donors (Lipinski definition) is 2. The summed E-state index contributed by atoms with van der Waals surface area (Å²) in [7, 11) is 1.73. The smallest absolute Gasteiger partial charge is 0.227 e. The van der Waals surface area contributed by atoms with Gasteiger partial charge in [-0.25, -0.2) is 0 Å². The van der Waals surface area contributed by atoms with E-state index in [9.17, 15) is 4.79 Å². The van der Waals surface area contributed by atoms with Gasteiger partial charge in [-0.3, -0.25) is 9.69 Å². The van der Waals surface area contributed by atoms with E-state index in [1.54, 1.807) is 7.05 Å². The van der Waals surface area contributed by atoms with Crippen LogP contribution in [0.4, 0.5) is 0 Å². The predicted octanol–water partition coefficient (Wildman–Crippen LogP) is 1.29. The summed E-state index contributed by atoms with van der Waals surface area (Å²) in [5.74, 6) is 0.164. The van der Waals surface area contributed by atoms with E-state index in [1.165, 1.54) is 11.1 Å². The monoisotopic (exact) mass is 273 g/mol. The average molecular weight is 273 g/mol. The number of fused-ring (bicyclic) bond motifs is 1. The highest BCUT2D eigenvalue weighted by atomic mass is 16.2. The minimum Gasteiger partial charge on any atom is -0.359 e. The van der Waals surface area contributed by atoms with Gasteiger partial charge in [0.15, 0.2) is 0 Å². The summed E-state index contributed by atoms with van der Waals surface area (Å²) in [5, 5.41) is 6.31. The molecule has 2 heterocycles. The highest BCUT2D eigenvalue weighted by Gasteiger charge is 2.42. The van der Waals surface area contributed by atoms with Crippen LogP contribution in [0.2, 0.25) is 0 Å². The van der Waals surface area contributed by atoms with Crippen molar-refractivity contribution in [2.75, 3.05) is 26.7 Å². The van der Waals surface area contributed by atoms with Gasteiger partial charge in [-0.2, -0.15) is 0 Å². The van der Waals surface area contributed by atoms with Crippen LogP contribution in [-0.2, 0) is 11.3 Å². The van der Waals surface area contributed by atoms with Crippen LogP contribution in [0.5, 0.6) is 0 Å². The zero-order valence-corrected chi connectivity index (χ0v) is 12.3. The molecule has 0 radical (unpaired) electrons. The Morgan fingerprint density at radius 1 is 1.45 bits per heavy atom. The first kappa shape index (κ1) is 13.6. The Bertz CT molecular complexity index is 516. The fraction of sp³-hybridized carbons (Fsp3) is 0.562. The first-order chi connectivity index (χ1) is 9.64. The summed E-state index contributed by atoms with van der Waals surface area (Å²) in [4.78, 5) is 14.5. The molecule has 0 aromatic heterocycles. The Morgan fingerprint density at radius 3 is 3.05 bits per heavy atom. The van der Waals surface area contributed by atoms with Gasteiger partial charge in [0.2, 0.25) is 5.91 Å². The molecule has 2 aliphatic heterocycles. The van der Waals surface area contributed by atoms with Gasteiger partial charge < -0.3 is 10.6 Å². The van der Waals surface area contributed by atoms with Crippen LogP contribution in [-0.4, -0.2) is 37.5 Å². The van der Waals surface area contributed by atoms with E-state index in [-0.39, 0.29) is 11.3 Å². The second-order valence-corrected chi connectivity index (χ2v) is 6.21. The first-order valence-electron chi connectivity index (χ1n) is 7.39. The lowest BCUT2D eigenvalue weighted by Crippen LogP contribution is -2.42. The quantitative estimate of drug-likeness (QED) is 0.853. The number of benzene rings is 1. The minimum absolute atomic E-state index is 0.164. The molecule has 4 heteroatoms. The Morgan fingerprint density at radius 2 is 2.25 bits per heavy atom. The topological polar surface area (TPSA) is 44.4 Å². The molecular weight excluding hydrogens is 250 g/mol. The SMILES string of the molecule is CNC(=O)C1(C)CCN(C2CNCc3ccccc32)C1. The van der Waals surface area contributed by atoms with Crippen LogP contribution >= 0.6 is 0 Å². The zero-order chi connectivity index (χ0) is 14.2. The van der Waals surface area contributed by atoms with Crippen molar-refractivity contribution in [3.05, 3.63) is 35.4 Å². The van der Waals surface area contributed by atoms with Gasteiger partial charge in [0.25, 0.3) is 0 Å². The maximum absolute atomic E-state index is 12.1. The van der Waals surface area contributed by atoms with Crippen LogP contribution in [0.15, 0.2) is 24.3 Å². The van der Waals surface area contributed by atoms with Gasteiger partial charge in [0.05, 0.1) is 5.41 Å². The molecule has 0 bridgehead atoms. The van der Waals surface area contributed by atoms with Crippen molar-refractivity contribution in [2.45, 2.75) is 25.9 Å². The maximum Gasteiger partial charge on any atom is 0.227 e. The van der Waals surface area contributed by atoms with Crippen LogP contribution in [0, 0.1) is 5.41 Å². The molecule has 0 spiro atoms. The highest BCUT2D eigenvalue weighted by molar-refractivity contribution is 5.82. The number of nitrogens with zero attached hydrogens (tertiary/aromatic N) is 1. The Kier molecular flexibility index (Phi) is 3.52. The molecule has 0 saturated carbocycles. The van der Waals surface area contributed by atoms with Crippen molar-refractivity contribution in [2.24, 2.45) is 5.41 Å². The number of carbonyl (C=O) groups is 1. The number of nitrogens with one attached hydrogen (secondary N) is 2. The Balaban J connectivity index is 1.81. The van der Waals surface area contributed by atoms with E-state index >= 15 is 0 Å². The molecule has 4 nitrogen and oxygen atoms in total. The molecular formula is C16H23N3O. The Labute approximate surface area is 120 Å². The van der Waals surface area contributed by atoms with E-state index in [0.29, 0.717) is 6.04 Å². The summed E-state index contributed by atoms with van der Waals surface area (Å²) in [6, 6.07) is 9.04.